The van der Waals surface area contributed by atoms with Crippen LogP contribution in [0.5, 0.6) is 5.75 Å². The zero-order valence-corrected chi connectivity index (χ0v) is 15.4. The van der Waals surface area contributed by atoms with Crippen LogP contribution in [0.25, 0.3) is 0 Å². The fourth-order valence-electron chi connectivity index (χ4n) is 2.13. The molecule has 0 atom stereocenters. The summed E-state index contributed by atoms with van der Waals surface area (Å²) in [6, 6.07) is 5.66. The minimum atomic E-state index is -4.84. The van der Waals surface area contributed by atoms with Gasteiger partial charge < -0.3 is 14.8 Å². The number of carbonyl (C=O) groups is 1. The molecule has 0 aliphatic rings. The molecule has 1 amide bonds. The Kier molecular flexibility index (Phi) is 7.54. The highest BCUT2D eigenvalue weighted by Crippen LogP contribution is 2.34. The number of nitrogens with one attached hydrogen (secondary N) is 1. The second kappa shape index (κ2) is 8.71. The number of halogens is 4. The number of benzene rings is 1. The predicted molar refractivity (Wildman–Crippen MR) is 88.0 cm³/mol. The molecule has 1 rings (SSSR count). The van der Waals surface area contributed by atoms with E-state index in [1.807, 2.05) is 37.4 Å². The Morgan fingerprint density at radius 1 is 1.29 bits per heavy atom. The highest BCUT2D eigenvalue weighted by Gasteiger charge is 2.38. The first-order valence-electron chi connectivity index (χ1n) is 7.34. The third-order valence-electron chi connectivity index (χ3n) is 3.57. The molecule has 0 radical (unpaired) electrons. The second-order valence-electron chi connectivity index (χ2n) is 5.94. The normalized spacial score (nSPS) is 12.1. The van der Waals surface area contributed by atoms with Crippen molar-refractivity contribution in [2.75, 3.05) is 20.4 Å². The minimum Gasteiger partial charge on any atom is -0.466 e. The quantitative estimate of drug-likeness (QED) is 0.515. The molecule has 136 valence electrons. The summed E-state index contributed by atoms with van der Waals surface area (Å²) in [5.74, 6) is -1.27. The summed E-state index contributed by atoms with van der Waals surface area (Å²) >= 11 is 3.39. The Balaban J connectivity index is 2.63. The number of carbonyl (C=O) groups excluding carboxylic acids is 1. The van der Waals surface area contributed by atoms with Crippen molar-refractivity contribution in [1.82, 2.24) is 5.32 Å². The van der Waals surface area contributed by atoms with Gasteiger partial charge in [-0.05, 0) is 51.9 Å². The van der Waals surface area contributed by atoms with Crippen LogP contribution >= 0.6 is 15.9 Å². The van der Waals surface area contributed by atoms with Crippen molar-refractivity contribution >= 4 is 21.8 Å². The molecule has 0 saturated heterocycles. The zero-order chi connectivity index (χ0) is 18.4. The highest BCUT2D eigenvalue weighted by atomic mass is 79.9. The van der Waals surface area contributed by atoms with E-state index in [0.717, 1.165) is 10.0 Å². The largest absolute Gasteiger partial charge is 0.471 e. The van der Waals surface area contributed by atoms with Gasteiger partial charge in [0.2, 0.25) is 0 Å². The maximum atomic E-state index is 12.1. The summed E-state index contributed by atoms with van der Waals surface area (Å²) in [6.07, 6.45) is -3.80. The monoisotopic (exact) mass is 411 g/mol. The van der Waals surface area contributed by atoms with Gasteiger partial charge in [0.15, 0.2) is 6.79 Å². The molecule has 0 spiro atoms. The number of methoxy groups -OCH3 is 1. The van der Waals surface area contributed by atoms with Gasteiger partial charge in [0.1, 0.15) is 5.75 Å². The van der Waals surface area contributed by atoms with Gasteiger partial charge in [-0.15, -0.1) is 0 Å². The van der Waals surface area contributed by atoms with Crippen LogP contribution in [-0.2, 0) is 14.9 Å². The summed E-state index contributed by atoms with van der Waals surface area (Å²) in [5.41, 5.74) is 0.702. The smallest absolute Gasteiger partial charge is 0.466 e. The van der Waals surface area contributed by atoms with Gasteiger partial charge in [0.05, 0.1) is 4.47 Å². The van der Waals surface area contributed by atoms with Gasteiger partial charge in [-0.3, -0.25) is 4.79 Å². The predicted octanol–water partition coefficient (Wildman–Crippen LogP) is 4.17. The van der Waals surface area contributed by atoms with E-state index in [1.165, 1.54) is 7.11 Å². The molecule has 1 aromatic carbocycles. The summed E-state index contributed by atoms with van der Waals surface area (Å²) < 4.78 is 47.5. The highest BCUT2D eigenvalue weighted by molar-refractivity contribution is 9.10. The SMILES string of the molecule is COCOc1cc(C(C)(C)CCCNC(=O)C(F)(F)F)ccc1Br. The van der Waals surface area contributed by atoms with Crippen molar-refractivity contribution in [3.8, 4) is 5.75 Å². The molecule has 0 heterocycles. The van der Waals surface area contributed by atoms with E-state index in [9.17, 15) is 18.0 Å². The Labute approximate surface area is 147 Å². The number of ether oxygens (including phenoxy) is 2. The van der Waals surface area contributed by atoms with Crippen LogP contribution in [-0.4, -0.2) is 32.5 Å². The lowest BCUT2D eigenvalue weighted by Gasteiger charge is -2.26. The van der Waals surface area contributed by atoms with E-state index in [4.69, 9.17) is 9.47 Å². The molecule has 0 aromatic heterocycles. The van der Waals surface area contributed by atoms with Gasteiger partial charge in [0, 0.05) is 13.7 Å². The van der Waals surface area contributed by atoms with Crippen LogP contribution in [0.15, 0.2) is 22.7 Å². The molecule has 0 unspecified atom stereocenters. The third-order valence-corrected chi connectivity index (χ3v) is 4.22. The molecular weight excluding hydrogens is 391 g/mol. The van der Waals surface area contributed by atoms with Gasteiger partial charge in [-0.2, -0.15) is 13.2 Å². The van der Waals surface area contributed by atoms with E-state index in [-0.39, 0.29) is 18.8 Å². The number of alkyl halides is 3. The van der Waals surface area contributed by atoms with E-state index < -0.39 is 12.1 Å². The van der Waals surface area contributed by atoms with E-state index in [1.54, 1.807) is 0 Å². The number of rotatable bonds is 8. The van der Waals surface area contributed by atoms with Crippen LogP contribution in [0, 0.1) is 0 Å². The molecule has 4 nitrogen and oxygen atoms in total. The van der Waals surface area contributed by atoms with Crippen molar-refractivity contribution in [2.24, 2.45) is 0 Å². The lowest BCUT2D eigenvalue weighted by Crippen LogP contribution is -2.37. The summed E-state index contributed by atoms with van der Waals surface area (Å²) in [7, 11) is 1.52. The van der Waals surface area contributed by atoms with Crippen molar-refractivity contribution in [2.45, 2.75) is 38.3 Å². The van der Waals surface area contributed by atoms with Crippen LogP contribution in [0.3, 0.4) is 0 Å². The van der Waals surface area contributed by atoms with Crippen LogP contribution < -0.4 is 10.1 Å². The molecule has 24 heavy (non-hydrogen) atoms. The average molecular weight is 412 g/mol. The summed E-state index contributed by atoms with van der Waals surface area (Å²) in [5, 5.41) is 1.88. The second-order valence-corrected chi connectivity index (χ2v) is 6.79. The van der Waals surface area contributed by atoms with Crippen LogP contribution in [0.1, 0.15) is 32.3 Å². The molecule has 0 aliphatic carbocycles. The molecule has 1 N–H and O–H groups in total. The summed E-state index contributed by atoms with van der Waals surface area (Å²) in [4.78, 5) is 10.8. The number of amides is 1. The Morgan fingerprint density at radius 3 is 2.54 bits per heavy atom. The van der Waals surface area contributed by atoms with Gasteiger partial charge in [-0.25, -0.2) is 0 Å². The fourth-order valence-corrected chi connectivity index (χ4v) is 2.50. The summed E-state index contributed by atoms with van der Waals surface area (Å²) in [6.45, 7) is 4.07. The Morgan fingerprint density at radius 2 is 1.96 bits per heavy atom. The van der Waals surface area contributed by atoms with Gasteiger partial charge in [-0.1, -0.05) is 19.9 Å². The van der Waals surface area contributed by atoms with E-state index >= 15 is 0 Å². The zero-order valence-electron chi connectivity index (χ0n) is 13.8. The van der Waals surface area contributed by atoms with Crippen LogP contribution in [0.4, 0.5) is 13.2 Å². The molecular formula is C16H21BrF3NO3. The van der Waals surface area contributed by atoms with Crippen molar-refractivity contribution < 1.29 is 27.4 Å². The number of hydrogen-bond acceptors (Lipinski definition) is 3. The first kappa shape index (κ1) is 20.8. The molecule has 0 saturated carbocycles. The van der Waals surface area contributed by atoms with Gasteiger partial charge in [0.25, 0.3) is 0 Å². The minimum absolute atomic E-state index is 0.0225. The first-order chi connectivity index (χ1) is 11.1. The molecule has 1 aromatic rings. The lowest BCUT2D eigenvalue weighted by atomic mass is 9.80. The lowest BCUT2D eigenvalue weighted by molar-refractivity contribution is -0.173. The third kappa shape index (κ3) is 6.32. The molecule has 0 aliphatic heterocycles. The first-order valence-corrected chi connectivity index (χ1v) is 8.14. The van der Waals surface area contributed by atoms with Crippen molar-refractivity contribution in [1.29, 1.82) is 0 Å². The molecule has 8 heteroatoms. The van der Waals surface area contributed by atoms with E-state index in [2.05, 4.69) is 15.9 Å². The average Bonchev–Trinajstić information content (AvgIpc) is 2.49. The topological polar surface area (TPSA) is 47.6 Å². The fraction of sp³-hybridized carbons (Fsp3) is 0.562. The van der Waals surface area contributed by atoms with Gasteiger partial charge >= 0.3 is 12.1 Å². The maximum absolute atomic E-state index is 12.1. The number of hydrogen-bond donors (Lipinski definition) is 1. The Bertz CT molecular complexity index is 562. The molecule has 0 fully saturated rings. The van der Waals surface area contributed by atoms with Crippen molar-refractivity contribution in [3.05, 3.63) is 28.2 Å². The van der Waals surface area contributed by atoms with Crippen LogP contribution in [0.2, 0.25) is 0 Å². The standard InChI is InChI=1S/C16H21BrF3NO3/c1-15(2,7-4-8-21-14(22)16(18,19)20)11-5-6-12(17)13(9-11)24-10-23-3/h5-6,9H,4,7-8,10H2,1-3H3,(H,21,22). The maximum Gasteiger partial charge on any atom is 0.471 e. The van der Waals surface area contributed by atoms with Crippen molar-refractivity contribution in [3.63, 3.8) is 0 Å². The molecule has 0 bridgehead atoms. The van der Waals surface area contributed by atoms with E-state index in [0.29, 0.717) is 18.6 Å². The Hall–Kier alpha value is -1.28.